The molecule has 112 valence electrons. The van der Waals surface area contributed by atoms with Gasteiger partial charge in [0.05, 0.1) is 4.90 Å². The first-order chi connectivity index (χ1) is 9.98. The first kappa shape index (κ1) is 14.2. The number of halogens is 1. The molecular weight excluding hydrogens is 295 g/mol. The molecule has 1 amide bonds. The zero-order chi connectivity index (χ0) is 15.0. The number of amides is 1. The van der Waals surface area contributed by atoms with Crippen LogP contribution in [0.1, 0.15) is 12.8 Å². The lowest BCUT2D eigenvalue weighted by atomic mass is 10.3. The van der Waals surface area contributed by atoms with Crippen LogP contribution in [-0.4, -0.2) is 37.3 Å². The molecule has 1 aromatic rings. The number of nitrogens with zero attached hydrogens (tertiary/aromatic N) is 1. The van der Waals surface area contributed by atoms with Crippen LogP contribution in [-0.2, 0) is 14.8 Å². The number of hydrogen-bond donors (Lipinski definition) is 1. The van der Waals surface area contributed by atoms with Crippen molar-refractivity contribution in [3.63, 3.8) is 0 Å². The van der Waals surface area contributed by atoms with Crippen molar-refractivity contribution in [2.75, 3.05) is 6.54 Å². The van der Waals surface area contributed by atoms with Gasteiger partial charge in [0.1, 0.15) is 11.9 Å². The normalized spacial score (nSPS) is 22.4. The van der Waals surface area contributed by atoms with E-state index < -0.39 is 21.9 Å². The van der Waals surface area contributed by atoms with Gasteiger partial charge >= 0.3 is 0 Å². The number of nitrogens with one attached hydrogen (secondary N) is 1. The highest BCUT2D eigenvalue weighted by Crippen LogP contribution is 2.24. The van der Waals surface area contributed by atoms with E-state index in [1.165, 1.54) is 18.2 Å². The summed E-state index contributed by atoms with van der Waals surface area (Å²) >= 11 is 0. The third-order valence-electron chi connectivity index (χ3n) is 3.51. The molecule has 0 spiro atoms. The van der Waals surface area contributed by atoms with Gasteiger partial charge in [0, 0.05) is 12.6 Å². The molecule has 1 aliphatic carbocycles. The second-order valence-electron chi connectivity index (χ2n) is 5.19. The van der Waals surface area contributed by atoms with Crippen molar-refractivity contribution in [3.05, 3.63) is 42.2 Å². The fraction of sp³-hybridized carbons (Fsp3) is 0.357. The third kappa shape index (κ3) is 2.84. The van der Waals surface area contributed by atoms with Crippen LogP contribution in [0.3, 0.4) is 0 Å². The van der Waals surface area contributed by atoms with Crippen LogP contribution in [0.25, 0.3) is 0 Å². The molecule has 2 aliphatic rings. The molecule has 1 fully saturated rings. The molecule has 5 nitrogen and oxygen atoms in total. The Morgan fingerprint density at radius 3 is 2.76 bits per heavy atom. The molecule has 0 radical (unpaired) electrons. The van der Waals surface area contributed by atoms with Crippen molar-refractivity contribution >= 4 is 15.9 Å². The summed E-state index contributed by atoms with van der Waals surface area (Å²) in [5.41, 5.74) is 0. The molecule has 0 bridgehead atoms. The van der Waals surface area contributed by atoms with E-state index in [1.54, 1.807) is 12.2 Å². The minimum Gasteiger partial charge on any atom is -0.352 e. The number of rotatable bonds is 4. The van der Waals surface area contributed by atoms with Crippen LogP contribution in [0.4, 0.5) is 4.39 Å². The molecule has 7 heteroatoms. The molecule has 0 saturated heterocycles. The summed E-state index contributed by atoms with van der Waals surface area (Å²) < 4.78 is 39.4. The van der Waals surface area contributed by atoms with E-state index in [9.17, 15) is 17.6 Å². The van der Waals surface area contributed by atoms with Crippen molar-refractivity contribution in [3.8, 4) is 0 Å². The van der Waals surface area contributed by atoms with E-state index in [4.69, 9.17) is 0 Å². The molecule has 0 unspecified atom stereocenters. The van der Waals surface area contributed by atoms with E-state index in [1.807, 2.05) is 0 Å². The van der Waals surface area contributed by atoms with Crippen LogP contribution in [0.2, 0.25) is 0 Å². The van der Waals surface area contributed by atoms with Crippen molar-refractivity contribution in [2.45, 2.75) is 29.8 Å². The average molecular weight is 310 g/mol. The quantitative estimate of drug-likeness (QED) is 0.845. The lowest BCUT2D eigenvalue weighted by Gasteiger charge is -2.23. The Kier molecular flexibility index (Phi) is 3.54. The maximum atomic E-state index is 13.2. The lowest BCUT2D eigenvalue weighted by Crippen LogP contribution is -2.46. The lowest BCUT2D eigenvalue weighted by molar-refractivity contribution is -0.123. The Morgan fingerprint density at radius 1 is 1.33 bits per heavy atom. The van der Waals surface area contributed by atoms with Gasteiger partial charge in [0.2, 0.25) is 15.9 Å². The van der Waals surface area contributed by atoms with E-state index in [0.29, 0.717) is 0 Å². The topological polar surface area (TPSA) is 66.5 Å². The number of hydrogen-bond acceptors (Lipinski definition) is 3. The molecule has 1 heterocycles. The summed E-state index contributed by atoms with van der Waals surface area (Å²) in [6.45, 7) is 0.113. The van der Waals surface area contributed by atoms with Crippen LogP contribution in [0.15, 0.2) is 41.3 Å². The highest BCUT2D eigenvalue weighted by Gasteiger charge is 2.38. The number of carbonyl (C=O) groups excluding carboxylic acids is 1. The van der Waals surface area contributed by atoms with Crippen LogP contribution >= 0.6 is 0 Å². The van der Waals surface area contributed by atoms with E-state index in [2.05, 4.69) is 5.32 Å². The van der Waals surface area contributed by atoms with Crippen molar-refractivity contribution in [2.24, 2.45) is 0 Å². The van der Waals surface area contributed by atoms with Gasteiger partial charge in [-0.3, -0.25) is 4.79 Å². The zero-order valence-electron chi connectivity index (χ0n) is 11.2. The Morgan fingerprint density at radius 2 is 2.10 bits per heavy atom. The molecular formula is C14H15FN2O3S. The van der Waals surface area contributed by atoms with Crippen LogP contribution in [0, 0.1) is 5.82 Å². The number of carbonyl (C=O) groups is 1. The standard InChI is InChI=1S/C14H15FN2O3S/c15-10-3-1-4-12(9-10)21(19,20)17-8-2-5-13(17)14(18)16-11-6-7-11/h1-5,9,11,13H,6-8H2,(H,16,18)/t13-/m0/s1. The molecule has 1 saturated carbocycles. The van der Waals surface area contributed by atoms with E-state index in [-0.39, 0.29) is 23.4 Å². The minimum atomic E-state index is -3.90. The molecule has 0 aromatic heterocycles. The SMILES string of the molecule is O=C(NC1CC1)[C@@H]1C=CCN1S(=O)(=O)c1cccc(F)c1. The van der Waals surface area contributed by atoms with E-state index >= 15 is 0 Å². The second-order valence-corrected chi connectivity index (χ2v) is 7.08. The summed E-state index contributed by atoms with van der Waals surface area (Å²) in [5.74, 6) is -0.951. The van der Waals surface area contributed by atoms with Crippen molar-refractivity contribution in [1.29, 1.82) is 0 Å². The van der Waals surface area contributed by atoms with Gasteiger partial charge < -0.3 is 5.32 Å². The van der Waals surface area contributed by atoms with Gasteiger partial charge in [0.15, 0.2) is 0 Å². The van der Waals surface area contributed by atoms with Gasteiger partial charge in [-0.15, -0.1) is 0 Å². The summed E-state index contributed by atoms with van der Waals surface area (Å²) in [4.78, 5) is 12.0. The summed E-state index contributed by atoms with van der Waals surface area (Å²) in [6.07, 6.45) is 5.06. The summed E-state index contributed by atoms with van der Waals surface area (Å²) in [7, 11) is -3.90. The van der Waals surface area contributed by atoms with Crippen molar-refractivity contribution in [1.82, 2.24) is 9.62 Å². The monoisotopic (exact) mass is 310 g/mol. The number of sulfonamides is 1. The smallest absolute Gasteiger partial charge is 0.244 e. The predicted molar refractivity (Wildman–Crippen MR) is 74.4 cm³/mol. The molecule has 1 aliphatic heterocycles. The van der Waals surface area contributed by atoms with Gasteiger partial charge in [-0.05, 0) is 31.0 Å². The predicted octanol–water partition coefficient (Wildman–Crippen LogP) is 1.03. The fourth-order valence-electron chi connectivity index (χ4n) is 2.25. The molecule has 21 heavy (non-hydrogen) atoms. The zero-order valence-corrected chi connectivity index (χ0v) is 12.0. The third-order valence-corrected chi connectivity index (χ3v) is 5.35. The van der Waals surface area contributed by atoms with Gasteiger partial charge in [-0.1, -0.05) is 18.2 Å². The molecule has 1 N–H and O–H groups in total. The second kappa shape index (κ2) is 5.23. The van der Waals surface area contributed by atoms with Crippen LogP contribution in [0.5, 0.6) is 0 Å². The van der Waals surface area contributed by atoms with Gasteiger partial charge in [-0.2, -0.15) is 4.31 Å². The van der Waals surface area contributed by atoms with E-state index in [0.717, 1.165) is 23.2 Å². The summed E-state index contributed by atoms with van der Waals surface area (Å²) in [6, 6.07) is 4.10. The molecule has 1 aromatic carbocycles. The highest BCUT2D eigenvalue weighted by molar-refractivity contribution is 7.89. The number of benzene rings is 1. The molecule has 1 atom stereocenters. The Labute approximate surface area is 122 Å². The van der Waals surface area contributed by atoms with Crippen LogP contribution < -0.4 is 5.32 Å². The average Bonchev–Trinajstić information content (AvgIpc) is 3.10. The molecule has 3 rings (SSSR count). The largest absolute Gasteiger partial charge is 0.352 e. The van der Waals surface area contributed by atoms with Gasteiger partial charge in [0.25, 0.3) is 0 Å². The Bertz CT molecular complexity index is 698. The first-order valence-corrected chi connectivity index (χ1v) is 8.17. The minimum absolute atomic E-state index is 0.113. The highest BCUT2D eigenvalue weighted by atomic mass is 32.2. The van der Waals surface area contributed by atoms with Gasteiger partial charge in [-0.25, -0.2) is 12.8 Å². The first-order valence-electron chi connectivity index (χ1n) is 6.73. The summed E-state index contributed by atoms with van der Waals surface area (Å²) in [5, 5.41) is 2.79. The Hall–Kier alpha value is -1.73. The maximum absolute atomic E-state index is 13.2. The Balaban J connectivity index is 1.85. The maximum Gasteiger partial charge on any atom is 0.244 e. The fourth-order valence-corrected chi connectivity index (χ4v) is 3.78. The van der Waals surface area contributed by atoms with Crippen molar-refractivity contribution < 1.29 is 17.6 Å².